The Labute approximate surface area is 119 Å². The van der Waals surface area contributed by atoms with Crippen molar-refractivity contribution in [3.8, 4) is 0 Å². The summed E-state index contributed by atoms with van der Waals surface area (Å²) in [5, 5.41) is 2.76. The van der Waals surface area contributed by atoms with Crippen molar-refractivity contribution in [1.82, 2.24) is 10.2 Å². The van der Waals surface area contributed by atoms with Crippen LogP contribution in [0.5, 0.6) is 0 Å². The van der Waals surface area contributed by atoms with Crippen molar-refractivity contribution in [2.24, 2.45) is 5.73 Å². The SMILES string of the molecule is CNCC(=O)N(C)[C@@H](Cc1ccccc1)C(N)=O.Cl. The van der Waals surface area contributed by atoms with Crippen molar-refractivity contribution in [2.75, 3.05) is 20.6 Å². The van der Waals surface area contributed by atoms with Crippen LogP contribution in [0.1, 0.15) is 5.56 Å². The molecule has 0 heterocycles. The zero-order chi connectivity index (χ0) is 13.5. The van der Waals surface area contributed by atoms with Gasteiger partial charge >= 0.3 is 0 Å². The molecule has 0 radical (unpaired) electrons. The molecule has 1 rings (SSSR count). The summed E-state index contributed by atoms with van der Waals surface area (Å²) in [6.07, 6.45) is 0.433. The van der Waals surface area contributed by atoms with E-state index >= 15 is 0 Å². The number of likely N-dealkylation sites (N-methyl/N-ethyl adjacent to an activating group) is 2. The van der Waals surface area contributed by atoms with Crippen LogP contribution in [-0.4, -0.2) is 43.4 Å². The normalized spacial score (nSPS) is 11.3. The van der Waals surface area contributed by atoms with Crippen molar-refractivity contribution < 1.29 is 9.59 Å². The zero-order valence-corrected chi connectivity index (χ0v) is 11.9. The molecule has 1 aromatic rings. The van der Waals surface area contributed by atoms with Gasteiger partial charge in [0, 0.05) is 13.5 Å². The minimum absolute atomic E-state index is 0. The van der Waals surface area contributed by atoms with Crippen molar-refractivity contribution >= 4 is 24.2 Å². The van der Waals surface area contributed by atoms with E-state index in [0.717, 1.165) is 5.56 Å². The van der Waals surface area contributed by atoms with Gasteiger partial charge in [0.25, 0.3) is 0 Å². The Morgan fingerprint density at radius 3 is 2.37 bits per heavy atom. The van der Waals surface area contributed by atoms with Crippen LogP contribution in [0, 0.1) is 0 Å². The minimum Gasteiger partial charge on any atom is -0.368 e. The molecule has 0 aliphatic heterocycles. The molecule has 0 spiro atoms. The van der Waals surface area contributed by atoms with Crippen LogP contribution in [0.2, 0.25) is 0 Å². The summed E-state index contributed by atoms with van der Waals surface area (Å²) in [6.45, 7) is 0.190. The van der Waals surface area contributed by atoms with Crippen molar-refractivity contribution in [3.05, 3.63) is 35.9 Å². The van der Waals surface area contributed by atoms with Gasteiger partial charge in [0.2, 0.25) is 11.8 Å². The van der Waals surface area contributed by atoms with E-state index < -0.39 is 11.9 Å². The predicted molar refractivity (Wildman–Crippen MR) is 77.1 cm³/mol. The maximum Gasteiger partial charge on any atom is 0.240 e. The Morgan fingerprint density at radius 2 is 1.89 bits per heavy atom. The smallest absolute Gasteiger partial charge is 0.240 e. The second-order valence-corrected chi connectivity index (χ2v) is 4.14. The number of nitrogens with zero attached hydrogens (tertiary/aromatic N) is 1. The fourth-order valence-corrected chi connectivity index (χ4v) is 1.72. The molecule has 0 bridgehead atoms. The topological polar surface area (TPSA) is 75.4 Å². The van der Waals surface area contributed by atoms with Gasteiger partial charge < -0.3 is 16.0 Å². The lowest BCUT2D eigenvalue weighted by Crippen LogP contribution is -2.49. The molecule has 1 aromatic carbocycles. The first-order valence-corrected chi connectivity index (χ1v) is 5.79. The number of carbonyl (C=O) groups excluding carboxylic acids is 2. The van der Waals surface area contributed by atoms with E-state index in [1.54, 1.807) is 14.1 Å². The first-order chi connectivity index (χ1) is 8.56. The van der Waals surface area contributed by atoms with E-state index in [2.05, 4.69) is 5.32 Å². The number of amides is 2. The van der Waals surface area contributed by atoms with Gasteiger partial charge in [-0.3, -0.25) is 9.59 Å². The van der Waals surface area contributed by atoms with Gasteiger partial charge in [0.15, 0.2) is 0 Å². The Hall–Kier alpha value is -1.59. The highest BCUT2D eigenvalue weighted by molar-refractivity contribution is 5.87. The van der Waals surface area contributed by atoms with Gasteiger partial charge in [-0.15, -0.1) is 12.4 Å². The monoisotopic (exact) mass is 285 g/mol. The van der Waals surface area contributed by atoms with E-state index in [9.17, 15) is 9.59 Å². The molecular formula is C13H20ClN3O2. The highest BCUT2D eigenvalue weighted by Crippen LogP contribution is 2.07. The highest BCUT2D eigenvalue weighted by Gasteiger charge is 2.24. The average Bonchev–Trinajstić information content (AvgIpc) is 2.36. The second kappa shape index (κ2) is 8.50. The summed E-state index contributed by atoms with van der Waals surface area (Å²) in [5.74, 6) is -0.650. The fourth-order valence-electron chi connectivity index (χ4n) is 1.72. The third kappa shape index (κ3) is 5.28. The van der Waals surface area contributed by atoms with Crippen molar-refractivity contribution in [2.45, 2.75) is 12.5 Å². The van der Waals surface area contributed by atoms with E-state index in [1.165, 1.54) is 4.90 Å². The van der Waals surface area contributed by atoms with Gasteiger partial charge in [-0.05, 0) is 12.6 Å². The highest BCUT2D eigenvalue weighted by atomic mass is 35.5. The summed E-state index contributed by atoms with van der Waals surface area (Å²) in [7, 11) is 3.28. The maximum atomic E-state index is 11.7. The standard InChI is InChI=1S/C13H19N3O2.ClH/c1-15-9-12(17)16(2)11(13(14)18)8-10-6-4-3-5-7-10;/h3-7,11,15H,8-9H2,1-2H3,(H2,14,18);1H/t11-;/m0./s1. The van der Waals surface area contributed by atoms with Crippen LogP contribution in [-0.2, 0) is 16.0 Å². The van der Waals surface area contributed by atoms with E-state index in [4.69, 9.17) is 5.73 Å². The summed E-state index contributed by atoms with van der Waals surface area (Å²) in [6, 6.07) is 8.89. The van der Waals surface area contributed by atoms with Gasteiger partial charge in [-0.1, -0.05) is 30.3 Å². The lowest BCUT2D eigenvalue weighted by atomic mass is 10.0. The summed E-state index contributed by atoms with van der Waals surface area (Å²) in [4.78, 5) is 24.6. The molecule has 0 saturated heterocycles. The van der Waals surface area contributed by atoms with Gasteiger partial charge in [-0.25, -0.2) is 0 Å². The molecule has 6 heteroatoms. The second-order valence-electron chi connectivity index (χ2n) is 4.14. The first-order valence-electron chi connectivity index (χ1n) is 5.79. The third-order valence-corrected chi connectivity index (χ3v) is 2.79. The molecule has 19 heavy (non-hydrogen) atoms. The Morgan fingerprint density at radius 1 is 1.32 bits per heavy atom. The molecule has 5 nitrogen and oxygen atoms in total. The maximum absolute atomic E-state index is 11.7. The van der Waals surface area contributed by atoms with Gasteiger partial charge in [-0.2, -0.15) is 0 Å². The summed E-state index contributed by atoms with van der Waals surface area (Å²) < 4.78 is 0. The first kappa shape index (κ1) is 17.4. The molecule has 3 N–H and O–H groups in total. The van der Waals surface area contributed by atoms with Crippen molar-refractivity contribution in [1.29, 1.82) is 0 Å². The Bertz CT molecular complexity index is 412. The molecule has 0 aliphatic rings. The van der Waals surface area contributed by atoms with Crippen LogP contribution in [0.4, 0.5) is 0 Å². The number of halogens is 1. The van der Waals surface area contributed by atoms with Crippen LogP contribution in [0.3, 0.4) is 0 Å². The molecule has 0 saturated carbocycles. The molecule has 0 aliphatic carbocycles. The third-order valence-electron chi connectivity index (χ3n) is 2.79. The molecule has 2 amide bonds. The zero-order valence-electron chi connectivity index (χ0n) is 11.1. The average molecular weight is 286 g/mol. The molecule has 0 aromatic heterocycles. The molecule has 0 unspecified atom stereocenters. The molecule has 0 fully saturated rings. The number of nitrogens with one attached hydrogen (secondary N) is 1. The largest absolute Gasteiger partial charge is 0.368 e. The van der Waals surface area contributed by atoms with Crippen molar-refractivity contribution in [3.63, 3.8) is 0 Å². The predicted octanol–water partition coefficient (Wildman–Crippen LogP) is 0.183. The Balaban J connectivity index is 0.00000324. The van der Waals surface area contributed by atoms with E-state index in [0.29, 0.717) is 6.42 Å². The number of primary amides is 1. The summed E-state index contributed by atoms with van der Waals surface area (Å²) in [5.41, 5.74) is 6.34. The molecule has 106 valence electrons. The quantitative estimate of drug-likeness (QED) is 0.783. The number of hydrogen-bond donors (Lipinski definition) is 2. The van der Waals surface area contributed by atoms with Crippen LogP contribution in [0.25, 0.3) is 0 Å². The Kier molecular flexibility index (Phi) is 7.79. The molecular weight excluding hydrogens is 266 g/mol. The lowest BCUT2D eigenvalue weighted by molar-refractivity contribution is -0.136. The minimum atomic E-state index is -0.617. The number of carbonyl (C=O) groups is 2. The number of benzene rings is 1. The van der Waals surface area contributed by atoms with Crippen LogP contribution < -0.4 is 11.1 Å². The van der Waals surface area contributed by atoms with Crippen LogP contribution >= 0.6 is 12.4 Å². The fraction of sp³-hybridized carbons (Fsp3) is 0.385. The lowest BCUT2D eigenvalue weighted by Gasteiger charge is -2.25. The number of hydrogen-bond acceptors (Lipinski definition) is 3. The number of rotatable bonds is 6. The van der Waals surface area contributed by atoms with Gasteiger partial charge in [0.1, 0.15) is 6.04 Å². The van der Waals surface area contributed by atoms with E-state index in [1.807, 2.05) is 30.3 Å². The number of nitrogens with two attached hydrogens (primary N) is 1. The van der Waals surface area contributed by atoms with E-state index in [-0.39, 0.29) is 24.9 Å². The summed E-state index contributed by atoms with van der Waals surface area (Å²) >= 11 is 0. The van der Waals surface area contributed by atoms with Crippen LogP contribution in [0.15, 0.2) is 30.3 Å². The molecule has 1 atom stereocenters. The van der Waals surface area contributed by atoms with Gasteiger partial charge in [0.05, 0.1) is 6.54 Å².